The van der Waals surface area contributed by atoms with Gasteiger partial charge in [0.05, 0.1) is 12.7 Å². The maximum atomic E-state index is 11.7. The Morgan fingerprint density at radius 3 is 2.61 bits per heavy atom. The van der Waals surface area contributed by atoms with Crippen molar-refractivity contribution in [1.82, 2.24) is 10.6 Å². The molecule has 1 atom stereocenters. The van der Waals surface area contributed by atoms with Crippen molar-refractivity contribution < 1.29 is 9.53 Å². The average Bonchev–Trinajstić information content (AvgIpc) is 2.29. The fourth-order valence-corrected chi connectivity index (χ4v) is 2.35. The van der Waals surface area contributed by atoms with Gasteiger partial charge < -0.3 is 15.4 Å². The zero-order valence-electron chi connectivity index (χ0n) is 12.0. The smallest absolute Gasteiger partial charge is 0.222 e. The molecule has 1 heterocycles. The maximum Gasteiger partial charge on any atom is 0.222 e. The van der Waals surface area contributed by atoms with Crippen molar-refractivity contribution in [3.05, 3.63) is 0 Å². The molecule has 0 saturated carbocycles. The fourth-order valence-electron chi connectivity index (χ4n) is 2.35. The van der Waals surface area contributed by atoms with Gasteiger partial charge in [0.15, 0.2) is 0 Å². The van der Waals surface area contributed by atoms with Crippen molar-refractivity contribution in [3.8, 4) is 0 Å². The molecule has 1 saturated heterocycles. The Labute approximate surface area is 111 Å². The third-order valence-corrected chi connectivity index (χ3v) is 3.24. The number of rotatable bonds is 7. The zero-order chi connectivity index (χ0) is 13.4. The van der Waals surface area contributed by atoms with Crippen LogP contribution in [-0.4, -0.2) is 37.7 Å². The summed E-state index contributed by atoms with van der Waals surface area (Å²) in [7, 11) is 0. The molecule has 0 bridgehead atoms. The van der Waals surface area contributed by atoms with Crippen LogP contribution in [-0.2, 0) is 9.53 Å². The van der Waals surface area contributed by atoms with Crippen molar-refractivity contribution in [2.45, 2.75) is 58.6 Å². The number of hydrogen-bond acceptors (Lipinski definition) is 3. The van der Waals surface area contributed by atoms with Gasteiger partial charge in [-0.15, -0.1) is 0 Å². The quantitative estimate of drug-likeness (QED) is 0.729. The van der Waals surface area contributed by atoms with Gasteiger partial charge in [0.2, 0.25) is 5.91 Å². The molecule has 18 heavy (non-hydrogen) atoms. The molecule has 1 aliphatic rings. The minimum absolute atomic E-state index is 0.124. The first-order valence-corrected chi connectivity index (χ1v) is 7.19. The Morgan fingerprint density at radius 1 is 1.33 bits per heavy atom. The molecular formula is C14H28N2O2. The van der Waals surface area contributed by atoms with Crippen LogP contribution in [0, 0.1) is 5.92 Å². The van der Waals surface area contributed by atoms with E-state index < -0.39 is 0 Å². The highest BCUT2D eigenvalue weighted by Crippen LogP contribution is 2.08. The van der Waals surface area contributed by atoms with Crippen LogP contribution in [0.5, 0.6) is 0 Å². The van der Waals surface area contributed by atoms with E-state index in [-0.39, 0.29) is 12.0 Å². The molecule has 2 N–H and O–H groups in total. The topological polar surface area (TPSA) is 50.4 Å². The third-order valence-electron chi connectivity index (χ3n) is 3.24. The molecule has 4 nitrogen and oxygen atoms in total. The Kier molecular flexibility index (Phi) is 7.28. The molecule has 0 aliphatic carbocycles. The second-order valence-corrected chi connectivity index (χ2v) is 5.65. The number of hydrogen-bond donors (Lipinski definition) is 2. The monoisotopic (exact) mass is 256 g/mol. The molecule has 4 heteroatoms. The Bertz CT molecular complexity index is 238. The predicted molar refractivity (Wildman–Crippen MR) is 73.5 cm³/mol. The van der Waals surface area contributed by atoms with Crippen molar-refractivity contribution in [2.24, 2.45) is 5.92 Å². The van der Waals surface area contributed by atoms with Gasteiger partial charge in [-0.2, -0.15) is 0 Å². The average molecular weight is 256 g/mol. The minimum Gasteiger partial charge on any atom is -0.378 e. The van der Waals surface area contributed by atoms with Crippen LogP contribution in [0.1, 0.15) is 46.5 Å². The van der Waals surface area contributed by atoms with Crippen molar-refractivity contribution in [3.63, 3.8) is 0 Å². The van der Waals surface area contributed by atoms with Crippen LogP contribution in [0.3, 0.4) is 0 Å². The maximum absolute atomic E-state index is 11.7. The van der Waals surface area contributed by atoms with Gasteiger partial charge >= 0.3 is 0 Å². The molecule has 0 aromatic carbocycles. The summed E-state index contributed by atoms with van der Waals surface area (Å²) in [6.45, 7) is 8.99. The first kappa shape index (κ1) is 15.4. The van der Waals surface area contributed by atoms with Gasteiger partial charge in [0, 0.05) is 12.5 Å². The van der Waals surface area contributed by atoms with Gasteiger partial charge in [-0.3, -0.25) is 4.79 Å². The summed E-state index contributed by atoms with van der Waals surface area (Å²) >= 11 is 0. The molecule has 1 aliphatic heterocycles. The summed E-state index contributed by atoms with van der Waals surface area (Å²) in [6.07, 6.45) is 3.85. The Hall–Kier alpha value is -0.610. The standard InChI is InChI=1S/C14H28N2O2/c1-11(2)10-12(3)18-9-6-14(17)16-13-4-7-15-8-5-13/h11-13,15H,4-10H2,1-3H3,(H,16,17). The highest BCUT2D eigenvalue weighted by Gasteiger charge is 2.15. The molecule has 0 radical (unpaired) electrons. The third kappa shape index (κ3) is 6.97. The lowest BCUT2D eigenvalue weighted by atomic mass is 10.1. The summed E-state index contributed by atoms with van der Waals surface area (Å²) in [5.74, 6) is 0.766. The highest BCUT2D eigenvalue weighted by molar-refractivity contribution is 5.76. The zero-order valence-corrected chi connectivity index (χ0v) is 12.0. The van der Waals surface area contributed by atoms with Gasteiger partial charge in [0.25, 0.3) is 0 Å². The van der Waals surface area contributed by atoms with Crippen LogP contribution in [0.25, 0.3) is 0 Å². The van der Waals surface area contributed by atoms with Crippen LogP contribution in [0.4, 0.5) is 0 Å². The first-order valence-electron chi connectivity index (χ1n) is 7.19. The van der Waals surface area contributed by atoms with Gasteiger partial charge in [-0.05, 0) is 45.2 Å². The minimum atomic E-state index is 0.124. The molecule has 0 spiro atoms. The summed E-state index contributed by atoms with van der Waals surface area (Å²) < 4.78 is 5.64. The van der Waals surface area contributed by atoms with Crippen LogP contribution < -0.4 is 10.6 Å². The van der Waals surface area contributed by atoms with E-state index in [4.69, 9.17) is 4.74 Å². The number of carbonyl (C=O) groups is 1. The molecule has 106 valence electrons. The van der Waals surface area contributed by atoms with E-state index >= 15 is 0 Å². The molecule has 1 rings (SSSR count). The summed E-state index contributed by atoms with van der Waals surface area (Å²) in [5, 5.41) is 6.36. The fraction of sp³-hybridized carbons (Fsp3) is 0.929. The van der Waals surface area contributed by atoms with Gasteiger partial charge in [-0.1, -0.05) is 13.8 Å². The van der Waals surface area contributed by atoms with Crippen molar-refractivity contribution in [1.29, 1.82) is 0 Å². The second kappa shape index (κ2) is 8.48. The molecule has 1 amide bonds. The van der Waals surface area contributed by atoms with Crippen LogP contribution >= 0.6 is 0 Å². The first-order chi connectivity index (χ1) is 8.58. The van der Waals surface area contributed by atoms with Crippen molar-refractivity contribution in [2.75, 3.05) is 19.7 Å². The van der Waals surface area contributed by atoms with Crippen molar-refractivity contribution >= 4 is 5.91 Å². The van der Waals surface area contributed by atoms with Crippen LogP contribution in [0.2, 0.25) is 0 Å². The lowest BCUT2D eigenvalue weighted by Gasteiger charge is -2.23. The molecule has 0 aromatic rings. The van der Waals surface area contributed by atoms with E-state index in [0.717, 1.165) is 32.4 Å². The van der Waals surface area contributed by atoms with E-state index in [2.05, 4.69) is 31.4 Å². The van der Waals surface area contributed by atoms with E-state index in [1.165, 1.54) is 0 Å². The Morgan fingerprint density at radius 2 is 2.00 bits per heavy atom. The van der Waals surface area contributed by atoms with Gasteiger partial charge in [0.1, 0.15) is 0 Å². The number of piperidine rings is 1. The summed E-state index contributed by atoms with van der Waals surface area (Å²) in [6, 6.07) is 0.354. The lowest BCUT2D eigenvalue weighted by molar-refractivity contribution is -0.123. The largest absolute Gasteiger partial charge is 0.378 e. The lowest BCUT2D eigenvalue weighted by Crippen LogP contribution is -2.43. The highest BCUT2D eigenvalue weighted by atomic mass is 16.5. The van der Waals surface area contributed by atoms with E-state index in [9.17, 15) is 4.79 Å². The molecule has 1 fully saturated rings. The number of carbonyl (C=O) groups excluding carboxylic acids is 1. The SMILES string of the molecule is CC(C)CC(C)OCCC(=O)NC1CCNCC1. The summed E-state index contributed by atoms with van der Waals surface area (Å²) in [5.41, 5.74) is 0. The normalized spacial score (nSPS) is 18.9. The predicted octanol–water partition coefficient (Wildman–Crippen LogP) is 1.70. The Balaban J connectivity index is 2.05. The number of amides is 1. The number of ether oxygens (including phenoxy) is 1. The van der Waals surface area contributed by atoms with E-state index in [1.54, 1.807) is 0 Å². The van der Waals surface area contributed by atoms with E-state index in [1.807, 2.05) is 0 Å². The molecule has 0 aromatic heterocycles. The van der Waals surface area contributed by atoms with Crippen LogP contribution in [0.15, 0.2) is 0 Å². The molecule has 1 unspecified atom stereocenters. The summed E-state index contributed by atoms with van der Waals surface area (Å²) in [4.78, 5) is 11.7. The van der Waals surface area contributed by atoms with Gasteiger partial charge in [-0.25, -0.2) is 0 Å². The second-order valence-electron chi connectivity index (χ2n) is 5.65. The van der Waals surface area contributed by atoms with E-state index in [0.29, 0.717) is 25.0 Å². The number of nitrogens with one attached hydrogen (secondary N) is 2. The molecular weight excluding hydrogens is 228 g/mol.